The largest absolute Gasteiger partial charge is 0.421 e. The van der Waals surface area contributed by atoms with E-state index < -0.39 is 16.7 Å². The van der Waals surface area contributed by atoms with Crippen molar-refractivity contribution in [3.63, 3.8) is 0 Å². The zero-order chi connectivity index (χ0) is 22.6. The second-order valence-electron chi connectivity index (χ2n) is 6.83. The van der Waals surface area contributed by atoms with Crippen LogP contribution in [0.2, 0.25) is 0 Å². The molecular formula is C21H20F3N5O2. The quantitative estimate of drug-likeness (QED) is 0.372. The van der Waals surface area contributed by atoms with Crippen LogP contribution >= 0.6 is 0 Å². The second kappa shape index (κ2) is 8.99. The number of anilines is 4. The standard InChI is InChI=1S/C21H20F3N5O2/c1-3-4-14-5-9-16(10-6-14)28(2)19-18(21(22,23)24)13-25-20(27-19)26-15-7-11-17(12-8-15)29(30)31/h5-13H,3-4H2,1-2H3,(H,25,26,27). The molecule has 0 aliphatic heterocycles. The highest BCUT2D eigenvalue weighted by Gasteiger charge is 2.36. The molecule has 3 rings (SSSR count). The number of benzene rings is 2. The Labute approximate surface area is 176 Å². The Hall–Kier alpha value is -3.69. The number of nitro groups is 1. The molecule has 0 radical (unpaired) electrons. The molecular weight excluding hydrogens is 411 g/mol. The van der Waals surface area contributed by atoms with Gasteiger partial charge in [0.15, 0.2) is 5.82 Å². The topological polar surface area (TPSA) is 84.2 Å². The van der Waals surface area contributed by atoms with Crippen LogP contribution in [0.1, 0.15) is 24.5 Å². The molecule has 0 aliphatic carbocycles. The Morgan fingerprint density at radius 2 is 1.74 bits per heavy atom. The summed E-state index contributed by atoms with van der Waals surface area (Å²) in [6, 6.07) is 12.6. The average Bonchev–Trinajstić information content (AvgIpc) is 2.73. The van der Waals surface area contributed by atoms with E-state index in [1.807, 2.05) is 12.1 Å². The SMILES string of the molecule is CCCc1ccc(N(C)c2nc(Nc3ccc([N+](=O)[O-])cc3)ncc2C(F)(F)F)cc1. The number of halogens is 3. The molecule has 0 atom stereocenters. The minimum Gasteiger partial charge on any atom is -0.329 e. The molecule has 0 saturated carbocycles. The first-order valence-corrected chi connectivity index (χ1v) is 9.47. The fraction of sp³-hybridized carbons (Fsp3) is 0.238. The summed E-state index contributed by atoms with van der Waals surface area (Å²) < 4.78 is 40.7. The average molecular weight is 431 g/mol. The van der Waals surface area contributed by atoms with Gasteiger partial charge in [0.05, 0.1) is 4.92 Å². The summed E-state index contributed by atoms with van der Waals surface area (Å²) in [6.07, 6.45) is -2.07. The van der Waals surface area contributed by atoms with Gasteiger partial charge in [-0.25, -0.2) is 4.98 Å². The van der Waals surface area contributed by atoms with E-state index in [4.69, 9.17) is 0 Å². The maximum Gasteiger partial charge on any atom is 0.421 e. The van der Waals surface area contributed by atoms with Gasteiger partial charge >= 0.3 is 6.18 Å². The highest BCUT2D eigenvalue weighted by Crippen LogP contribution is 2.37. The lowest BCUT2D eigenvalue weighted by Crippen LogP contribution is -2.19. The lowest BCUT2D eigenvalue weighted by atomic mass is 10.1. The molecule has 3 aromatic rings. The van der Waals surface area contributed by atoms with E-state index in [0.29, 0.717) is 11.4 Å². The maximum atomic E-state index is 13.6. The van der Waals surface area contributed by atoms with E-state index in [0.717, 1.165) is 24.6 Å². The third kappa shape index (κ3) is 5.27. The van der Waals surface area contributed by atoms with Gasteiger partial charge in [0.2, 0.25) is 5.95 Å². The van der Waals surface area contributed by atoms with Crippen molar-refractivity contribution in [3.05, 3.63) is 76.0 Å². The lowest BCUT2D eigenvalue weighted by Gasteiger charge is -2.23. The van der Waals surface area contributed by atoms with Gasteiger partial charge in [0, 0.05) is 36.8 Å². The third-order valence-corrected chi connectivity index (χ3v) is 4.59. The number of nitrogens with one attached hydrogen (secondary N) is 1. The molecule has 1 aromatic heterocycles. The Kier molecular flexibility index (Phi) is 6.38. The molecule has 0 unspecified atom stereocenters. The summed E-state index contributed by atoms with van der Waals surface area (Å²) in [5, 5.41) is 13.5. The molecule has 1 heterocycles. The Morgan fingerprint density at radius 3 is 2.29 bits per heavy atom. The Bertz CT molecular complexity index is 1050. The summed E-state index contributed by atoms with van der Waals surface area (Å²) in [5.41, 5.74) is 0.972. The monoisotopic (exact) mass is 431 g/mol. The van der Waals surface area contributed by atoms with Crippen molar-refractivity contribution in [1.29, 1.82) is 0 Å². The second-order valence-corrected chi connectivity index (χ2v) is 6.83. The number of hydrogen-bond acceptors (Lipinski definition) is 6. The minimum atomic E-state index is -4.64. The van der Waals surface area contributed by atoms with Crippen LogP contribution in [0.4, 0.5) is 42.0 Å². The molecule has 1 N–H and O–H groups in total. The van der Waals surface area contributed by atoms with Crippen molar-refractivity contribution in [2.75, 3.05) is 17.3 Å². The molecule has 0 amide bonds. The highest BCUT2D eigenvalue weighted by atomic mass is 19.4. The summed E-state index contributed by atoms with van der Waals surface area (Å²) in [6.45, 7) is 2.05. The molecule has 7 nitrogen and oxygen atoms in total. The van der Waals surface area contributed by atoms with E-state index in [-0.39, 0.29) is 17.5 Å². The van der Waals surface area contributed by atoms with Crippen molar-refractivity contribution in [1.82, 2.24) is 9.97 Å². The van der Waals surface area contributed by atoms with Crippen LogP contribution in [0, 0.1) is 10.1 Å². The summed E-state index contributed by atoms with van der Waals surface area (Å²) in [5.74, 6) is -0.374. The molecule has 0 spiro atoms. The number of hydrogen-bond donors (Lipinski definition) is 1. The lowest BCUT2D eigenvalue weighted by molar-refractivity contribution is -0.384. The number of nitrogens with zero attached hydrogens (tertiary/aromatic N) is 4. The predicted octanol–water partition coefficient (Wildman–Crippen LogP) is 5.87. The zero-order valence-electron chi connectivity index (χ0n) is 16.8. The van der Waals surface area contributed by atoms with Crippen molar-refractivity contribution < 1.29 is 18.1 Å². The van der Waals surface area contributed by atoms with E-state index in [1.165, 1.54) is 36.2 Å². The van der Waals surface area contributed by atoms with Gasteiger partial charge in [-0.15, -0.1) is 0 Å². The first-order valence-electron chi connectivity index (χ1n) is 9.47. The predicted molar refractivity (Wildman–Crippen MR) is 112 cm³/mol. The van der Waals surface area contributed by atoms with Crippen LogP contribution < -0.4 is 10.2 Å². The molecule has 0 saturated heterocycles. The Morgan fingerprint density at radius 1 is 1.10 bits per heavy atom. The van der Waals surface area contributed by atoms with Gasteiger partial charge in [-0.1, -0.05) is 25.5 Å². The molecule has 31 heavy (non-hydrogen) atoms. The first kappa shape index (κ1) is 22.0. The molecule has 2 aromatic carbocycles. The van der Waals surface area contributed by atoms with E-state index in [9.17, 15) is 23.3 Å². The number of aromatic nitrogens is 2. The van der Waals surface area contributed by atoms with Gasteiger partial charge in [0.25, 0.3) is 5.69 Å². The highest BCUT2D eigenvalue weighted by molar-refractivity contribution is 5.65. The Balaban J connectivity index is 1.94. The van der Waals surface area contributed by atoms with Gasteiger partial charge in [0.1, 0.15) is 5.56 Å². The third-order valence-electron chi connectivity index (χ3n) is 4.59. The van der Waals surface area contributed by atoms with Crippen LogP contribution in [0.5, 0.6) is 0 Å². The zero-order valence-corrected chi connectivity index (χ0v) is 16.8. The fourth-order valence-electron chi connectivity index (χ4n) is 2.98. The molecule has 0 aliphatic rings. The number of nitro benzene ring substituents is 1. The van der Waals surface area contributed by atoms with E-state index in [1.54, 1.807) is 12.1 Å². The van der Waals surface area contributed by atoms with Gasteiger partial charge < -0.3 is 10.2 Å². The van der Waals surface area contributed by atoms with Gasteiger partial charge in [-0.2, -0.15) is 18.2 Å². The van der Waals surface area contributed by atoms with Crippen molar-refractivity contribution in [2.24, 2.45) is 0 Å². The summed E-state index contributed by atoms with van der Waals surface area (Å²) >= 11 is 0. The molecule has 162 valence electrons. The van der Waals surface area contributed by atoms with Crippen LogP contribution in [0.15, 0.2) is 54.7 Å². The molecule has 10 heteroatoms. The van der Waals surface area contributed by atoms with E-state index in [2.05, 4.69) is 22.2 Å². The van der Waals surface area contributed by atoms with Crippen LogP contribution in [0.3, 0.4) is 0 Å². The summed E-state index contributed by atoms with van der Waals surface area (Å²) in [7, 11) is 1.50. The molecule has 0 fully saturated rings. The number of alkyl halides is 3. The van der Waals surface area contributed by atoms with Gasteiger partial charge in [-0.05, 0) is 36.2 Å². The van der Waals surface area contributed by atoms with Crippen molar-refractivity contribution >= 4 is 28.8 Å². The van der Waals surface area contributed by atoms with Crippen LogP contribution in [-0.4, -0.2) is 21.9 Å². The van der Waals surface area contributed by atoms with E-state index >= 15 is 0 Å². The van der Waals surface area contributed by atoms with Gasteiger partial charge in [-0.3, -0.25) is 10.1 Å². The fourth-order valence-corrected chi connectivity index (χ4v) is 2.98. The first-order chi connectivity index (χ1) is 14.7. The summed E-state index contributed by atoms with van der Waals surface area (Å²) in [4.78, 5) is 19.4. The minimum absolute atomic E-state index is 0.0636. The number of aryl methyl sites for hydroxylation is 1. The van der Waals surface area contributed by atoms with Crippen LogP contribution in [0.25, 0.3) is 0 Å². The molecule has 0 bridgehead atoms. The number of rotatable bonds is 7. The maximum absolute atomic E-state index is 13.6. The smallest absolute Gasteiger partial charge is 0.329 e. The van der Waals surface area contributed by atoms with Crippen LogP contribution in [-0.2, 0) is 12.6 Å². The van der Waals surface area contributed by atoms with Crippen molar-refractivity contribution in [3.8, 4) is 0 Å². The normalized spacial score (nSPS) is 11.3. The van der Waals surface area contributed by atoms with Crippen molar-refractivity contribution in [2.45, 2.75) is 25.9 Å². The number of non-ortho nitro benzene ring substituents is 1.